The molecule has 0 aromatic rings. The van der Waals surface area contributed by atoms with Crippen molar-refractivity contribution in [2.75, 3.05) is 13.2 Å². The molecule has 30 heavy (non-hydrogen) atoms. The number of aldehydes is 1. The largest absolute Gasteiger partial charge is 0.388 e. The van der Waals surface area contributed by atoms with Gasteiger partial charge in [0, 0.05) is 7.98 Å². The van der Waals surface area contributed by atoms with Crippen LogP contribution in [0.25, 0.3) is 0 Å². The van der Waals surface area contributed by atoms with E-state index in [0.717, 1.165) is 32.1 Å². The predicted molar refractivity (Wildman–Crippen MR) is 120 cm³/mol. The third kappa shape index (κ3) is 16.9. The maximum absolute atomic E-state index is 10.4. The monoisotopic (exact) mass is 431 g/mol. The van der Waals surface area contributed by atoms with Gasteiger partial charge in [-0.3, -0.25) is 0 Å². The lowest BCUT2D eigenvalue weighted by molar-refractivity contribution is -0.138. The number of aliphatic hydroxyl groups is 4. The van der Waals surface area contributed by atoms with Crippen LogP contribution >= 0.6 is 0 Å². The summed E-state index contributed by atoms with van der Waals surface area (Å²) in [6.07, 6.45) is 14.7. The number of unbranched alkanes of at least 4 members (excludes halogenated alkanes) is 12. The van der Waals surface area contributed by atoms with Crippen LogP contribution in [0, 0.1) is 0 Å². The maximum Gasteiger partial charge on any atom is 0.151 e. The molecule has 0 bridgehead atoms. The first-order valence-electron chi connectivity index (χ1n) is 12.4. The Morgan fingerprint density at radius 3 is 1.87 bits per heavy atom. The number of hydrogen-bond acceptors (Lipinski definition) is 6. The van der Waals surface area contributed by atoms with Gasteiger partial charge in [0.1, 0.15) is 24.4 Å². The van der Waals surface area contributed by atoms with Gasteiger partial charge >= 0.3 is 0 Å². The zero-order valence-corrected chi connectivity index (χ0v) is 18.7. The lowest BCUT2D eigenvalue weighted by Crippen LogP contribution is -2.46. The van der Waals surface area contributed by atoms with E-state index in [-0.39, 0.29) is 12.9 Å². The summed E-state index contributed by atoms with van der Waals surface area (Å²) in [5, 5.41) is 37.9. The average molecular weight is 432 g/mol. The first-order valence-corrected chi connectivity index (χ1v) is 11.7. The summed E-state index contributed by atoms with van der Waals surface area (Å²) >= 11 is 0. The van der Waals surface area contributed by atoms with Gasteiger partial charge in [-0.25, -0.2) is 0 Å². The fourth-order valence-electron chi connectivity index (χ4n) is 3.19. The highest BCUT2D eigenvalue weighted by molar-refractivity contribution is 5.56. The van der Waals surface area contributed by atoms with E-state index in [0.29, 0.717) is 13.5 Å². The van der Waals surface area contributed by atoms with Crippen molar-refractivity contribution in [1.29, 1.82) is 0 Å². The van der Waals surface area contributed by atoms with E-state index in [2.05, 4.69) is 12.2 Å². The molecule has 0 aliphatic carbocycles. The number of hydrogen-bond donors (Lipinski definition) is 4. The van der Waals surface area contributed by atoms with Crippen molar-refractivity contribution in [3.05, 3.63) is 12.2 Å². The van der Waals surface area contributed by atoms with Gasteiger partial charge in [-0.2, -0.15) is 0 Å². The van der Waals surface area contributed by atoms with Crippen molar-refractivity contribution < 1.29 is 31.3 Å². The molecule has 0 heterocycles. The number of rotatable bonds is 22. The smallest absolute Gasteiger partial charge is 0.151 e. The van der Waals surface area contributed by atoms with Gasteiger partial charge in [-0.05, 0) is 32.1 Å². The zero-order chi connectivity index (χ0) is 23.2. The van der Waals surface area contributed by atoms with E-state index < -0.39 is 24.4 Å². The summed E-state index contributed by atoms with van der Waals surface area (Å²) in [7, 11) is 0. The highest BCUT2D eigenvalue weighted by Crippen LogP contribution is 2.10. The van der Waals surface area contributed by atoms with Crippen molar-refractivity contribution in [3.8, 4) is 0 Å². The molecule has 6 heteroatoms. The molecule has 0 aromatic heterocycles. The minimum absolute atomic E-state index is 0.116. The Hall–Kier alpha value is -0.790. The molecular formula is C24H46O6. The zero-order valence-electron chi connectivity index (χ0n) is 19.7. The van der Waals surface area contributed by atoms with Gasteiger partial charge in [-0.15, -0.1) is 0 Å². The van der Waals surface area contributed by atoms with E-state index in [1.54, 1.807) is 0 Å². The fraction of sp³-hybridized carbons (Fsp3) is 0.875. The molecule has 178 valence electrons. The van der Waals surface area contributed by atoms with Gasteiger partial charge < -0.3 is 30.0 Å². The van der Waals surface area contributed by atoms with Crippen molar-refractivity contribution in [2.45, 2.75) is 121 Å². The quantitative estimate of drug-likeness (QED) is 0.118. The lowest BCUT2D eigenvalue weighted by atomic mass is 10.0. The Morgan fingerprint density at radius 1 is 0.767 bits per heavy atom. The first-order chi connectivity index (χ1) is 15.0. The second-order valence-electron chi connectivity index (χ2n) is 8.04. The first kappa shape index (κ1) is 27.2. The molecule has 0 aliphatic heterocycles. The Morgan fingerprint density at radius 2 is 1.30 bits per heavy atom. The summed E-state index contributed by atoms with van der Waals surface area (Å²) in [6, 6.07) is 0. The number of ether oxygens (including phenoxy) is 1. The fourth-order valence-corrected chi connectivity index (χ4v) is 3.19. The highest BCUT2D eigenvalue weighted by atomic mass is 16.5. The summed E-state index contributed by atoms with van der Waals surface area (Å²) in [4.78, 5) is 10.4. The molecule has 0 saturated heterocycles. The molecule has 0 aromatic carbocycles. The molecule has 0 amide bonds. The van der Waals surface area contributed by atoms with Crippen LogP contribution in [0.1, 0.15) is 98.2 Å². The van der Waals surface area contributed by atoms with Gasteiger partial charge in [-0.1, -0.05) is 76.8 Å². The second kappa shape index (κ2) is 21.4. The van der Waals surface area contributed by atoms with E-state index in [1.165, 1.54) is 57.8 Å². The van der Waals surface area contributed by atoms with Gasteiger partial charge in [0.05, 0.1) is 6.61 Å². The van der Waals surface area contributed by atoms with Crippen LogP contribution < -0.4 is 0 Å². The number of carbonyl (C=O) groups is 1. The Balaban J connectivity index is 3.37. The SMILES string of the molecule is [2H]CCCCCCCC/C=C\CCCCCCCCOC[C@@H](O)[C@@H](O)[C@H](O)[C@@H](O)C=O. The normalized spacial score (nSPS) is 16.3. The van der Waals surface area contributed by atoms with E-state index in [9.17, 15) is 20.1 Å². The molecular weight excluding hydrogens is 384 g/mol. The molecule has 0 radical (unpaired) electrons. The lowest BCUT2D eigenvalue weighted by Gasteiger charge is -2.23. The van der Waals surface area contributed by atoms with E-state index >= 15 is 0 Å². The average Bonchev–Trinajstić information content (AvgIpc) is 2.78. The molecule has 4 atom stereocenters. The van der Waals surface area contributed by atoms with Crippen LogP contribution in [0.3, 0.4) is 0 Å². The maximum atomic E-state index is 10.4. The van der Waals surface area contributed by atoms with Crippen LogP contribution in [-0.4, -0.2) is 64.3 Å². The summed E-state index contributed by atoms with van der Waals surface area (Å²) in [5.41, 5.74) is 0. The highest BCUT2D eigenvalue weighted by Gasteiger charge is 2.30. The number of allylic oxidation sites excluding steroid dienone is 2. The van der Waals surface area contributed by atoms with Crippen molar-refractivity contribution in [2.24, 2.45) is 0 Å². The van der Waals surface area contributed by atoms with Gasteiger partial charge in [0.2, 0.25) is 0 Å². The standard InChI is InChI=1S/C24H46O6/c1-2-3-4-5-6-7-8-9-10-11-12-13-14-15-16-17-18-30-20-22(27)24(29)23(28)21(26)19-25/h9-10,19,21-24,26-29H,2-8,11-18,20H2,1H3/b10-9-/t21-,22+,23+,24+/m0/s1/i1D. The third-order valence-corrected chi connectivity index (χ3v) is 5.22. The van der Waals surface area contributed by atoms with Crippen molar-refractivity contribution in [1.82, 2.24) is 0 Å². The molecule has 0 fully saturated rings. The Labute approximate surface area is 184 Å². The van der Waals surface area contributed by atoms with Crippen LogP contribution in [0.2, 0.25) is 0 Å². The molecule has 0 aliphatic rings. The third-order valence-electron chi connectivity index (χ3n) is 5.22. The Bertz CT molecular complexity index is 421. The molecule has 6 nitrogen and oxygen atoms in total. The summed E-state index contributed by atoms with van der Waals surface area (Å²) in [6.45, 7) is 0.879. The molecule has 0 saturated carbocycles. The van der Waals surface area contributed by atoms with E-state index in [4.69, 9.17) is 11.2 Å². The number of carbonyl (C=O) groups excluding carboxylic acids is 1. The topological polar surface area (TPSA) is 107 Å². The van der Waals surface area contributed by atoms with E-state index in [1.807, 2.05) is 0 Å². The molecule has 0 spiro atoms. The summed E-state index contributed by atoms with van der Waals surface area (Å²) < 4.78 is 12.4. The second-order valence-corrected chi connectivity index (χ2v) is 8.04. The molecule has 0 unspecified atom stereocenters. The van der Waals surface area contributed by atoms with Crippen LogP contribution in [-0.2, 0) is 9.53 Å². The van der Waals surface area contributed by atoms with Crippen LogP contribution in [0.15, 0.2) is 12.2 Å². The van der Waals surface area contributed by atoms with Crippen molar-refractivity contribution in [3.63, 3.8) is 0 Å². The number of aliphatic hydroxyl groups excluding tert-OH is 4. The minimum atomic E-state index is -1.72. The molecule has 0 rings (SSSR count). The van der Waals surface area contributed by atoms with Crippen molar-refractivity contribution >= 4 is 6.29 Å². The summed E-state index contributed by atoms with van der Waals surface area (Å²) in [5.74, 6) is 0. The minimum Gasteiger partial charge on any atom is -0.388 e. The van der Waals surface area contributed by atoms with Crippen LogP contribution in [0.5, 0.6) is 0 Å². The Kier molecular flexibility index (Phi) is 19.5. The predicted octanol–water partition coefficient (Wildman–Crippen LogP) is 3.68. The van der Waals surface area contributed by atoms with Crippen LogP contribution in [0.4, 0.5) is 0 Å². The van der Waals surface area contributed by atoms with Gasteiger partial charge in [0.15, 0.2) is 6.29 Å². The van der Waals surface area contributed by atoms with Gasteiger partial charge in [0.25, 0.3) is 0 Å². The molecule has 4 N–H and O–H groups in total.